The van der Waals surface area contributed by atoms with Crippen LogP contribution in [0.1, 0.15) is 27.7 Å². The van der Waals surface area contributed by atoms with Crippen LogP contribution >= 0.6 is 11.3 Å². The number of benzene rings is 1. The quantitative estimate of drug-likeness (QED) is 0.782. The van der Waals surface area contributed by atoms with Gasteiger partial charge in [-0.3, -0.25) is 0 Å². The van der Waals surface area contributed by atoms with Crippen LogP contribution in [-0.2, 0) is 13.0 Å². The van der Waals surface area contributed by atoms with Gasteiger partial charge in [-0.1, -0.05) is 30.3 Å². The lowest BCUT2D eigenvalue weighted by Crippen LogP contribution is -2.18. The van der Waals surface area contributed by atoms with Gasteiger partial charge in [-0.2, -0.15) is 0 Å². The Morgan fingerprint density at radius 1 is 1.24 bits per heavy atom. The number of hydrogen-bond acceptors (Lipinski definition) is 3. The first-order valence-corrected chi connectivity index (χ1v) is 7.94. The molecule has 2 N–H and O–H groups in total. The Morgan fingerprint density at radius 2 is 2.05 bits per heavy atom. The number of nitrogens with zero attached hydrogens (tertiary/aromatic N) is 2. The summed E-state index contributed by atoms with van der Waals surface area (Å²) in [6, 6.07) is 12.5. The number of aromatic nitrogens is 2. The van der Waals surface area contributed by atoms with E-state index in [1.807, 2.05) is 30.7 Å². The van der Waals surface area contributed by atoms with Crippen molar-refractivity contribution in [1.29, 1.82) is 0 Å². The molecule has 0 saturated heterocycles. The standard InChI is InChI=1S/C17H19N3S/c1-13-7-8-21-17(13)11-20-12-19-10-16(20)15(18)9-14-5-3-2-4-6-14/h2-8,10,12,15H,9,11,18H2,1H3/t15-/m1/s1. The van der Waals surface area contributed by atoms with Crippen molar-refractivity contribution in [2.45, 2.75) is 25.9 Å². The summed E-state index contributed by atoms with van der Waals surface area (Å²) in [6.45, 7) is 2.99. The average Bonchev–Trinajstić information content (AvgIpc) is 3.10. The molecule has 3 rings (SSSR count). The van der Waals surface area contributed by atoms with Crippen LogP contribution in [0, 0.1) is 6.92 Å². The third kappa shape index (κ3) is 3.23. The number of rotatable bonds is 5. The topological polar surface area (TPSA) is 43.8 Å². The Labute approximate surface area is 129 Å². The van der Waals surface area contributed by atoms with Crippen molar-refractivity contribution in [1.82, 2.24) is 9.55 Å². The molecular weight excluding hydrogens is 278 g/mol. The third-order valence-corrected chi connectivity index (χ3v) is 4.71. The molecule has 0 spiro atoms. The van der Waals surface area contributed by atoms with E-state index in [0.717, 1.165) is 18.7 Å². The molecular formula is C17H19N3S. The van der Waals surface area contributed by atoms with Crippen molar-refractivity contribution >= 4 is 11.3 Å². The van der Waals surface area contributed by atoms with Crippen molar-refractivity contribution in [3.63, 3.8) is 0 Å². The first-order valence-electron chi connectivity index (χ1n) is 7.06. The predicted octanol–water partition coefficient (Wildman–Crippen LogP) is 3.54. The summed E-state index contributed by atoms with van der Waals surface area (Å²) in [5, 5.41) is 2.13. The Bertz CT molecular complexity index is 700. The average molecular weight is 297 g/mol. The molecule has 2 aromatic heterocycles. The molecule has 21 heavy (non-hydrogen) atoms. The lowest BCUT2D eigenvalue weighted by Gasteiger charge is -2.15. The van der Waals surface area contributed by atoms with Crippen LogP contribution in [0.15, 0.2) is 54.3 Å². The monoisotopic (exact) mass is 297 g/mol. The van der Waals surface area contributed by atoms with Crippen LogP contribution < -0.4 is 5.73 Å². The van der Waals surface area contributed by atoms with E-state index in [0.29, 0.717) is 0 Å². The van der Waals surface area contributed by atoms with Crippen molar-refractivity contribution in [2.24, 2.45) is 5.73 Å². The van der Waals surface area contributed by atoms with Crippen LogP contribution in [0.3, 0.4) is 0 Å². The van der Waals surface area contributed by atoms with E-state index < -0.39 is 0 Å². The smallest absolute Gasteiger partial charge is 0.0952 e. The summed E-state index contributed by atoms with van der Waals surface area (Å²) in [5.41, 5.74) is 10.1. The van der Waals surface area contributed by atoms with Gasteiger partial charge in [0.2, 0.25) is 0 Å². The molecule has 0 saturated carbocycles. The largest absolute Gasteiger partial charge is 0.328 e. The van der Waals surface area contributed by atoms with Crippen molar-refractivity contribution in [3.05, 3.63) is 76.0 Å². The summed E-state index contributed by atoms with van der Waals surface area (Å²) < 4.78 is 2.16. The van der Waals surface area contributed by atoms with Crippen molar-refractivity contribution in [3.8, 4) is 0 Å². The SMILES string of the molecule is Cc1ccsc1Cn1cncc1[C@H](N)Cc1ccccc1. The van der Waals surface area contributed by atoms with Gasteiger partial charge in [-0.15, -0.1) is 11.3 Å². The molecule has 0 aliphatic rings. The molecule has 0 aliphatic carbocycles. The Hall–Kier alpha value is -1.91. The second-order valence-corrected chi connectivity index (χ2v) is 6.27. The van der Waals surface area contributed by atoms with Crippen LogP contribution in [0.4, 0.5) is 0 Å². The Morgan fingerprint density at radius 3 is 2.76 bits per heavy atom. The minimum atomic E-state index is -0.0323. The molecule has 0 radical (unpaired) electrons. The molecule has 0 bridgehead atoms. The maximum atomic E-state index is 6.38. The van der Waals surface area contributed by atoms with Gasteiger partial charge in [-0.25, -0.2) is 4.98 Å². The van der Waals surface area contributed by atoms with Gasteiger partial charge < -0.3 is 10.3 Å². The predicted molar refractivity (Wildman–Crippen MR) is 87.5 cm³/mol. The fraction of sp³-hybridized carbons (Fsp3) is 0.235. The maximum Gasteiger partial charge on any atom is 0.0952 e. The van der Waals surface area contributed by atoms with E-state index in [-0.39, 0.29) is 6.04 Å². The highest BCUT2D eigenvalue weighted by Crippen LogP contribution is 2.21. The van der Waals surface area contributed by atoms with Gasteiger partial charge in [0.05, 0.1) is 24.6 Å². The lowest BCUT2D eigenvalue weighted by atomic mass is 10.0. The number of imidazole rings is 1. The van der Waals surface area contributed by atoms with Gasteiger partial charge >= 0.3 is 0 Å². The molecule has 3 nitrogen and oxygen atoms in total. The minimum absolute atomic E-state index is 0.0323. The zero-order valence-corrected chi connectivity index (χ0v) is 12.9. The van der Waals surface area contributed by atoms with Crippen LogP contribution in [0.2, 0.25) is 0 Å². The fourth-order valence-electron chi connectivity index (χ4n) is 2.47. The molecule has 108 valence electrons. The normalized spacial score (nSPS) is 12.5. The summed E-state index contributed by atoms with van der Waals surface area (Å²) in [6.07, 6.45) is 4.59. The van der Waals surface area contributed by atoms with Gasteiger partial charge in [0.25, 0.3) is 0 Å². The highest BCUT2D eigenvalue weighted by Gasteiger charge is 2.13. The number of aryl methyl sites for hydroxylation is 1. The van der Waals surface area contributed by atoms with E-state index >= 15 is 0 Å². The molecule has 1 aromatic carbocycles. The Balaban J connectivity index is 1.77. The zero-order chi connectivity index (χ0) is 14.7. The van der Waals surface area contributed by atoms with E-state index in [4.69, 9.17) is 5.73 Å². The Kier molecular flexibility index (Phi) is 4.18. The first-order chi connectivity index (χ1) is 10.2. The van der Waals surface area contributed by atoms with Gasteiger partial charge in [0.15, 0.2) is 0 Å². The first kappa shape index (κ1) is 14.0. The molecule has 0 aliphatic heterocycles. The van der Waals surface area contributed by atoms with Crippen LogP contribution in [0.25, 0.3) is 0 Å². The van der Waals surface area contributed by atoms with E-state index in [1.54, 1.807) is 11.3 Å². The fourth-order valence-corrected chi connectivity index (χ4v) is 3.37. The van der Waals surface area contributed by atoms with Crippen molar-refractivity contribution < 1.29 is 0 Å². The van der Waals surface area contributed by atoms with E-state index in [2.05, 4.69) is 40.1 Å². The minimum Gasteiger partial charge on any atom is -0.328 e. The van der Waals surface area contributed by atoms with Crippen molar-refractivity contribution in [2.75, 3.05) is 0 Å². The molecule has 0 unspecified atom stereocenters. The van der Waals surface area contributed by atoms with E-state index in [9.17, 15) is 0 Å². The summed E-state index contributed by atoms with van der Waals surface area (Å²) in [4.78, 5) is 5.64. The molecule has 3 aromatic rings. The lowest BCUT2D eigenvalue weighted by molar-refractivity contribution is 0.633. The number of thiophene rings is 1. The second-order valence-electron chi connectivity index (χ2n) is 5.27. The molecule has 2 heterocycles. The zero-order valence-electron chi connectivity index (χ0n) is 12.1. The molecule has 0 amide bonds. The molecule has 0 fully saturated rings. The number of nitrogens with two attached hydrogens (primary N) is 1. The highest BCUT2D eigenvalue weighted by molar-refractivity contribution is 7.10. The molecule has 4 heteroatoms. The summed E-state index contributed by atoms with van der Waals surface area (Å²) >= 11 is 1.78. The van der Waals surface area contributed by atoms with Crippen LogP contribution in [0.5, 0.6) is 0 Å². The van der Waals surface area contributed by atoms with Gasteiger partial charge in [0.1, 0.15) is 0 Å². The summed E-state index contributed by atoms with van der Waals surface area (Å²) in [5.74, 6) is 0. The summed E-state index contributed by atoms with van der Waals surface area (Å²) in [7, 11) is 0. The second kappa shape index (κ2) is 6.24. The molecule has 1 atom stereocenters. The van der Waals surface area contributed by atoms with Gasteiger partial charge in [-0.05, 0) is 35.9 Å². The van der Waals surface area contributed by atoms with Crippen LogP contribution in [-0.4, -0.2) is 9.55 Å². The van der Waals surface area contributed by atoms with E-state index in [1.165, 1.54) is 16.0 Å². The van der Waals surface area contributed by atoms with Gasteiger partial charge in [0, 0.05) is 11.1 Å². The third-order valence-electron chi connectivity index (χ3n) is 3.70. The maximum absolute atomic E-state index is 6.38. The number of hydrogen-bond donors (Lipinski definition) is 1. The highest BCUT2D eigenvalue weighted by atomic mass is 32.1.